The first kappa shape index (κ1) is 14.5. The molecule has 0 heterocycles. The van der Waals surface area contributed by atoms with Crippen molar-refractivity contribution in [1.29, 1.82) is 0 Å². The Morgan fingerprint density at radius 1 is 1.47 bits per heavy atom. The molecule has 0 spiro atoms. The number of halogens is 2. The minimum Gasteiger partial charge on any atom is -0.382 e. The minimum absolute atomic E-state index is 0.121. The zero-order valence-electron chi connectivity index (χ0n) is 9.63. The van der Waals surface area contributed by atoms with Crippen LogP contribution in [-0.4, -0.2) is 25.7 Å². The Balaban J connectivity index is 2.41. The highest BCUT2D eigenvalue weighted by atomic mass is 79.9. The molecule has 17 heavy (non-hydrogen) atoms. The first-order chi connectivity index (χ1) is 8.13. The van der Waals surface area contributed by atoms with E-state index >= 15 is 0 Å². The molecule has 0 aromatic heterocycles. The van der Waals surface area contributed by atoms with E-state index in [1.165, 1.54) is 0 Å². The third-order valence-corrected chi connectivity index (χ3v) is 2.76. The van der Waals surface area contributed by atoms with Gasteiger partial charge in [-0.1, -0.05) is 27.5 Å². The van der Waals surface area contributed by atoms with Crippen LogP contribution < -0.4 is 5.32 Å². The van der Waals surface area contributed by atoms with Gasteiger partial charge >= 0.3 is 0 Å². The lowest BCUT2D eigenvalue weighted by atomic mass is 10.2. The molecular weight excluding hydrogens is 305 g/mol. The number of carbonyl (C=O) groups is 1. The Bertz CT molecular complexity index is 365. The molecule has 0 fully saturated rings. The number of benzene rings is 1. The Labute approximate surface area is 115 Å². The van der Waals surface area contributed by atoms with E-state index in [0.29, 0.717) is 30.3 Å². The molecule has 1 amide bonds. The molecular formula is C12H15BrClNO2. The van der Waals surface area contributed by atoms with Crippen molar-refractivity contribution in [3.63, 3.8) is 0 Å². The summed E-state index contributed by atoms with van der Waals surface area (Å²) in [6.07, 6.45) is 0.807. The Morgan fingerprint density at radius 3 is 2.88 bits per heavy atom. The molecule has 0 aliphatic carbocycles. The normalized spacial score (nSPS) is 10.3. The lowest BCUT2D eigenvalue weighted by molar-refractivity contribution is 0.0944. The molecule has 1 aromatic rings. The smallest absolute Gasteiger partial charge is 0.251 e. The van der Waals surface area contributed by atoms with Gasteiger partial charge in [0.25, 0.3) is 5.91 Å². The third-order valence-electron chi connectivity index (χ3n) is 2.08. The van der Waals surface area contributed by atoms with Crippen molar-refractivity contribution in [3.05, 3.63) is 33.3 Å². The second-order valence-electron chi connectivity index (χ2n) is 3.46. The first-order valence-corrected chi connectivity index (χ1v) is 6.62. The van der Waals surface area contributed by atoms with Gasteiger partial charge in [-0.25, -0.2) is 0 Å². The summed E-state index contributed by atoms with van der Waals surface area (Å²) >= 11 is 9.17. The summed E-state index contributed by atoms with van der Waals surface area (Å²) in [5, 5.41) is 3.35. The SMILES string of the molecule is CCOCCCNC(=O)c1cc(Cl)cc(Br)c1. The summed E-state index contributed by atoms with van der Waals surface area (Å²) in [6.45, 7) is 3.91. The monoisotopic (exact) mass is 319 g/mol. The van der Waals surface area contributed by atoms with Crippen LogP contribution in [0.25, 0.3) is 0 Å². The molecule has 0 bridgehead atoms. The van der Waals surface area contributed by atoms with Crippen LogP contribution in [0.3, 0.4) is 0 Å². The number of hydrogen-bond acceptors (Lipinski definition) is 2. The summed E-state index contributed by atoms with van der Waals surface area (Å²) in [5.41, 5.74) is 0.556. The first-order valence-electron chi connectivity index (χ1n) is 5.45. The third kappa shape index (κ3) is 5.52. The number of rotatable bonds is 6. The van der Waals surface area contributed by atoms with Crippen molar-refractivity contribution in [2.75, 3.05) is 19.8 Å². The van der Waals surface area contributed by atoms with Gasteiger partial charge in [0.15, 0.2) is 0 Å². The van der Waals surface area contributed by atoms with Gasteiger partial charge in [0.2, 0.25) is 0 Å². The largest absolute Gasteiger partial charge is 0.382 e. The minimum atomic E-state index is -0.121. The van der Waals surface area contributed by atoms with E-state index in [0.717, 1.165) is 10.9 Å². The van der Waals surface area contributed by atoms with E-state index in [9.17, 15) is 4.79 Å². The maximum atomic E-state index is 11.8. The fourth-order valence-electron chi connectivity index (χ4n) is 1.31. The van der Waals surface area contributed by atoms with Crippen molar-refractivity contribution in [3.8, 4) is 0 Å². The Morgan fingerprint density at radius 2 is 2.24 bits per heavy atom. The zero-order valence-corrected chi connectivity index (χ0v) is 12.0. The van der Waals surface area contributed by atoms with Crippen molar-refractivity contribution >= 4 is 33.4 Å². The van der Waals surface area contributed by atoms with Crippen LogP contribution in [0.2, 0.25) is 5.02 Å². The number of ether oxygens (including phenoxy) is 1. The van der Waals surface area contributed by atoms with Crippen LogP contribution in [0.4, 0.5) is 0 Å². The molecule has 1 rings (SSSR count). The summed E-state index contributed by atoms with van der Waals surface area (Å²) < 4.78 is 5.98. The molecule has 0 aliphatic heterocycles. The summed E-state index contributed by atoms with van der Waals surface area (Å²) in [6, 6.07) is 5.13. The van der Waals surface area contributed by atoms with Crippen molar-refractivity contribution in [1.82, 2.24) is 5.32 Å². The predicted molar refractivity (Wildman–Crippen MR) is 72.6 cm³/mol. The molecule has 0 aliphatic rings. The van der Waals surface area contributed by atoms with Crippen LogP contribution in [-0.2, 0) is 4.74 Å². The standard InChI is InChI=1S/C12H15BrClNO2/c1-2-17-5-3-4-15-12(16)9-6-10(13)8-11(14)7-9/h6-8H,2-5H2,1H3,(H,15,16). The highest BCUT2D eigenvalue weighted by Crippen LogP contribution is 2.19. The van der Waals surface area contributed by atoms with Gasteiger partial charge in [-0.2, -0.15) is 0 Å². The zero-order chi connectivity index (χ0) is 12.7. The van der Waals surface area contributed by atoms with Crippen LogP contribution in [0.1, 0.15) is 23.7 Å². The van der Waals surface area contributed by atoms with Crippen LogP contribution in [0.5, 0.6) is 0 Å². The maximum absolute atomic E-state index is 11.8. The quantitative estimate of drug-likeness (QED) is 0.817. The lowest BCUT2D eigenvalue weighted by Gasteiger charge is -2.06. The van der Waals surface area contributed by atoms with Gasteiger partial charge in [-0.15, -0.1) is 0 Å². The van der Waals surface area contributed by atoms with Gasteiger partial charge in [0, 0.05) is 34.8 Å². The second-order valence-corrected chi connectivity index (χ2v) is 4.82. The number of amides is 1. The predicted octanol–water partition coefficient (Wildman–Crippen LogP) is 3.26. The van der Waals surface area contributed by atoms with Crippen molar-refractivity contribution in [2.24, 2.45) is 0 Å². The van der Waals surface area contributed by atoms with E-state index < -0.39 is 0 Å². The second kappa shape index (κ2) is 7.69. The molecule has 1 N–H and O–H groups in total. The fraction of sp³-hybridized carbons (Fsp3) is 0.417. The molecule has 3 nitrogen and oxygen atoms in total. The summed E-state index contributed by atoms with van der Waals surface area (Å²) in [7, 11) is 0. The molecule has 0 saturated heterocycles. The lowest BCUT2D eigenvalue weighted by Crippen LogP contribution is -2.25. The Kier molecular flexibility index (Phi) is 6.55. The Hall–Kier alpha value is -0.580. The topological polar surface area (TPSA) is 38.3 Å². The van der Waals surface area contributed by atoms with Gasteiger partial charge in [-0.05, 0) is 31.5 Å². The average Bonchev–Trinajstić information content (AvgIpc) is 2.27. The van der Waals surface area contributed by atoms with Crippen LogP contribution >= 0.6 is 27.5 Å². The molecule has 0 atom stereocenters. The van der Waals surface area contributed by atoms with Gasteiger partial charge in [-0.3, -0.25) is 4.79 Å². The fourth-order valence-corrected chi connectivity index (χ4v) is 2.17. The van der Waals surface area contributed by atoms with E-state index in [1.807, 2.05) is 6.92 Å². The average molecular weight is 321 g/mol. The maximum Gasteiger partial charge on any atom is 0.251 e. The number of carbonyl (C=O) groups excluding carboxylic acids is 1. The molecule has 0 saturated carbocycles. The number of nitrogens with one attached hydrogen (secondary N) is 1. The van der Waals surface area contributed by atoms with E-state index in [1.54, 1.807) is 18.2 Å². The number of hydrogen-bond donors (Lipinski definition) is 1. The van der Waals surface area contributed by atoms with Crippen molar-refractivity contribution < 1.29 is 9.53 Å². The van der Waals surface area contributed by atoms with E-state index in [4.69, 9.17) is 16.3 Å². The van der Waals surface area contributed by atoms with Crippen LogP contribution in [0.15, 0.2) is 22.7 Å². The van der Waals surface area contributed by atoms with E-state index in [2.05, 4.69) is 21.2 Å². The van der Waals surface area contributed by atoms with E-state index in [-0.39, 0.29) is 5.91 Å². The molecule has 0 radical (unpaired) electrons. The van der Waals surface area contributed by atoms with Gasteiger partial charge in [0.05, 0.1) is 0 Å². The van der Waals surface area contributed by atoms with Gasteiger partial charge in [0.1, 0.15) is 0 Å². The summed E-state index contributed by atoms with van der Waals surface area (Å²) in [5.74, 6) is -0.121. The van der Waals surface area contributed by atoms with Crippen LogP contribution in [0, 0.1) is 0 Å². The molecule has 94 valence electrons. The highest BCUT2D eigenvalue weighted by molar-refractivity contribution is 9.10. The van der Waals surface area contributed by atoms with Crippen molar-refractivity contribution in [2.45, 2.75) is 13.3 Å². The molecule has 5 heteroatoms. The molecule has 0 unspecified atom stereocenters. The van der Waals surface area contributed by atoms with Gasteiger partial charge < -0.3 is 10.1 Å². The molecule has 1 aromatic carbocycles. The highest BCUT2D eigenvalue weighted by Gasteiger charge is 2.06. The summed E-state index contributed by atoms with van der Waals surface area (Å²) in [4.78, 5) is 11.8.